The van der Waals surface area contributed by atoms with Gasteiger partial charge in [0.15, 0.2) is 0 Å². The van der Waals surface area contributed by atoms with Gasteiger partial charge in [-0.05, 0) is 19.1 Å². The molecule has 1 aromatic rings. The second-order valence-electron chi connectivity index (χ2n) is 3.78. The summed E-state index contributed by atoms with van der Waals surface area (Å²) in [5, 5.41) is 2.87. The van der Waals surface area contributed by atoms with Crippen molar-refractivity contribution < 1.29 is 13.9 Å². The lowest BCUT2D eigenvalue weighted by Crippen LogP contribution is -2.22. The van der Waals surface area contributed by atoms with Crippen LogP contribution in [0.15, 0.2) is 12.1 Å². The van der Waals surface area contributed by atoms with Crippen molar-refractivity contribution in [1.29, 1.82) is 0 Å². The first-order chi connectivity index (χ1) is 7.95. The third-order valence-corrected chi connectivity index (χ3v) is 2.22. The Hall–Kier alpha value is -1.82. The molecular weight excluding hydrogens is 225 g/mol. The Morgan fingerprint density at radius 3 is 2.76 bits per heavy atom. The van der Waals surface area contributed by atoms with E-state index in [2.05, 4.69) is 5.32 Å². The van der Waals surface area contributed by atoms with Crippen molar-refractivity contribution in [3.05, 3.63) is 23.5 Å². The molecule has 0 saturated carbocycles. The van der Waals surface area contributed by atoms with Gasteiger partial charge in [0.1, 0.15) is 5.82 Å². The average molecular weight is 241 g/mol. The van der Waals surface area contributed by atoms with Crippen LogP contribution in [0.2, 0.25) is 0 Å². The number of nitrogen functional groups attached to an aromatic ring is 1. The Bertz CT molecular complexity index is 423. The Morgan fingerprint density at radius 2 is 2.24 bits per heavy atom. The quantitative estimate of drug-likeness (QED) is 0.669. The van der Waals surface area contributed by atoms with E-state index in [-0.39, 0.29) is 23.0 Å². The molecule has 0 spiro atoms. The topological polar surface area (TPSA) is 90.4 Å². The van der Waals surface area contributed by atoms with Gasteiger partial charge >= 0.3 is 0 Å². The van der Waals surface area contributed by atoms with Gasteiger partial charge in [-0.1, -0.05) is 0 Å². The summed E-state index contributed by atoms with van der Waals surface area (Å²) in [6.45, 7) is 2.24. The number of carbonyl (C=O) groups is 1. The molecule has 1 unspecified atom stereocenters. The van der Waals surface area contributed by atoms with Gasteiger partial charge in [-0.15, -0.1) is 0 Å². The van der Waals surface area contributed by atoms with Gasteiger partial charge in [0, 0.05) is 18.8 Å². The Morgan fingerprint density at radius 1 is 1.59 bits per heavy atom. The maximum atomic E-state index is 13.6. The largest absolute Gasteiger partial charge is 0.398 e. The fraction of sp³-hybridized carbons (Fsp3) is 0.364. The van der Waals surface area contributed by atoms with Crippen LogP contribution in [0.25, 0.3) is 0 Å². The van der Waals surface area contributed by atoms with E-state index in [1.165, 1.54) is 6.07 Å². The van der Waals surface area contributed by atoms with Gasteiger partial charge < -0.3 is 21.5 Å². The summed E-state index contributed by atoms with van der Waals surface area (Å²) < 4.78 is 18.5. The molecule has 5 N–H and O–H groups in total. The number of anilines is 2. The molecule has 0 aliphatic rings. The number of halogens is 1. The molecule has 6 heteroatoms. The maximum absolute atomic E-state index is 13.6. The maximum Gasteiger partial charge on any atom is 0.250 e. The molecule has 0 radical (unpaired) electrons. The molecule has 0 fully saturated rings. The van der Waals surface area contributed by atoms with E-state index < -0.39 is 11.7 Å². The zero-order chi connectivity index (χ0) is 13.0. The molecule has 0 aromatic heterocycles. The van der Waals surface area contributed by atoms with E-state index in [1.807, 2.05) is 6.92 Å². The second-order valence-corrected chi connectivity index (χ2v) is 3.78. The number of amides is 1. The summed E-state index contributed by atoms with van der Waals surface area (Å²) in [6, 6.07) is 2.28. The Labute approximate surface area is 98.9 Å². The molecule has 1 atom stereocenters. The fourth-order valence-electron chi connectivity index (χ4n) is 1.47. The predicted octanol–water partition coefficient (Wildman–Crippen LogP) is 0.954. The zero-order valence-corrected chi connectivity index (χ0v) is 9.79. The van der Waals surface area contributed by atoms with Crippen molar-refractivity contribution in [2.45, 2.75) is 13.0 Å². The van der Waals surface area contributed by atoms with E-state index in [0.29, 0.717) is 6.61 Å². The lowest BCUT2D eigenvalue weighted by atomic mass is 10.1. The van der Waals surface area contributed by atoms with Crippen LogP contribution in [0.5, 0.6) is 0 Å². The summed E-state index contributed by atoms with van der Waals surface area (Å²) in [6.07, 6.45) is 0. The summed E-state index contributed by atoms with van der Waals surface area (Å²) in [5.74, 6) is -1.22. The molecule has 94 valence electrons. The summed E-state index contributed by atoms with van der Waals surface area (Å²) in [5.41, 5.74) is 10.9. The highest BCUT2D eigenvalue weighted by atomic mass is 19.1. The van der Waals surface area contributed by atoms with E-state index in [0.717, 1.165) is 6.07 Å². The standard InChI is InChI=1S/C11H16FN3O2/c1-6(5-17-2)15-10-3-7(11(14)16)9(13)4-8(10)12/h3-4,6,15H,5,13H2,1-2H3,(H2,14,16). The fourth-order valence-corrected chi connectivity index (χ4v) is 1.47. The van der Waals surface area contributed by atoms with Crippen LogP contribution in [-0.2, 0) is 4.74 Å². The van der Waals surface area contributed by atoms with Crippen LogP contribution < -0.4 is 16.8 Å². The molecule has 5 nitrogen and oxygen atoms in total. The van der Waals surface area contributed by atoms with Gasteiger partial charge in [-0.3, -0.25) is 4.79 Å². The summed E-state index contributed by atoms with van der Waals surface area (Å²) in [4.78, 5) is 11.1. The minimum absolute atomic E-state index is 0.0277. The number of nitrogens with two attached hydrogens (primary N) is 2. The van der Waals surface area contributed by atoms with Crippen LogP contribution >= 0.6 is 0 Å². The van der Waals surface area contributed by atoms with E-state index >= 15 is 0 Å². The third kappa shape index (κ3) is 3.32. The van der Waals surface area contributed by atoms with Gasteiger partial charge in [-0.2, -0.15) is 0 Å². The van der Waals surface area contributed by atoms with Crippen molar-refractivity contribution in [2.24, 2.45) is 5.73 Å². The molecule has 0 aliphatic heterocycles. The molecule has 1 aromatic carbocycles. The first kappa shape index (κ1) is 13.2. The van der Waals surface area contributed by atoms with Crippen LogP contribution in [0.3, 0.4) is 0 Å². The number of hydrogen-bond acceptors (Lipinski definition) is 4. The van der Waals surface area contributed by atoms with E-state index in [1.54, 1.807) is 7.11 Å². The molecule has 0 saturated heterocycles. The lowest BCUT2D eigenvalue weighted by molar-refractivity contribution is 0.100. The van der Waals surface area contributed by atoms with Crippen LogP contribution in [0.1, 0.15) is 17.3 Å². The second kappa shape index (κ2) is 5.49. The summed E-state index contributed by atoms with van der Waals surface area (Å²) >= 11 is 0. The SMILES string of the molecule is COCC(C)Nc1cc(C(N)=O)c(N)cc1F. The van der Waals surface area contributed by atoms with Gasteiger partial charge in [0.25, 0.3) is 5.91 Å². The molecule has 0 bridgehead atoms. The first-order valence-electron chi connectivity index (χ1n) is 5.10. The lowest BCUT2D eigenvalue weighted by Gasteiger charge is -2.16. The number of carbonyl (C=O) groups excluding carboxylic acids is 1. The molecular formula is C11H16FN3O2. The molecule has 1 rings (SSSR count). The monoisotopic (exact) mass is 241 g/mol. The highest BCUT2D eigenvalue weighted by molar-refractivity contribution is 5.99. The zero-order valence-electron chi connectivity index (χ0n) is 9.79. The molecule has 1 amide bonds. The van der Waals surface area contributed by atoms with Crippen LogP contribution in [-0.4, -0.2) is 25.7 Å². The third-order valence-electron chi connectivity index (χ3n) is 2.22. The number of primary amides is 1. The van der Waals surface area contributed by atoms with Crippen molar-refractivity contribution >= 4 is 17.3 Å². The smallest absolute Gasteiger partial charge is 0.250 e. The first-order valence-corrected chi connectivity index (χ1v) is 5.10. The van der Waals surface area contributed by atoms with Crippen LogP contribution in [0, 0.1) is 5.82 Å². The van der Waals surface area contributed by atoms with Crippen LogP contribution in [0.4, 0.5) is 15.8 Å². The number of ether oxygens (including phenoxy) is 1. The molecule has 0 aliphatic carbocycles. The average Bonchev–Trinajstić information content (AvgIpc) is 2.21. The molecule has 17 heavy (non-hydrogen) atoms. The van der Waals surface area contributed by atoms with Crippen molar-refractivity contribution in [3.8, 4) is 0 Å². The number of hydrogen-bond donors (Lipinski definition) is 3. The van der Waals surface area contributed by atoms with E-state index in [9.17, 15) is 9.18 Å². The van der Waals surface area contributed by atoms with Crippen molar-refractivity contribution in [2.75, 3.05) is 24.8 Å². The van der Waals surface area contributed by atoms with Gasteiger partial charge in [0.05, 0.1) is 17.9 Å². The van der Waals surface area contributed by atoms with Crippen molar-refractivity contribution in [1.82, 2.24) is 0 Å². The number of nitrogens with one attached hydrogen (secondary N) is 1. The highest BCUT2D eigenvalue weighted by Crippen LogP contribution is 2.22. The van der Waals surface area contributed by atoms with E-state index in [4.69, 9.17) is 16.2 Å². The van der Waals surface area contributed by atoms with Crippen molar-refractivity contribution in [3.63, 3.8) is 0 Å². The number of methoxy groups -OCH3 is 1. The predicted molar refractivity (Wildman–Crippen MR) is 64.3 cm³/mol. The number of benzene rings is 1. The normalized spacial score (nSPS) is 12.2. The minimum Gasteiger partial charge on any atom is -0.398 e. The van der Waals surface area contributed by atoms with Gasteiger partial charge in [-0.25, -0.2) is 4.39 Å². The highest BCUT2D eigenvalue weighted by Gasteiger charge is 2.13. The Balaban J connectivity index is 2.99. The van der Waals surface area contributed by atoms with Gasteiger partial charge in [0.2, 0.25) is 0 Å². The molecule has 0 heterocycles. The minimum atomic E-state index is -0.690. The summed E-state index contributed by atoms with van der Waals surface area (Å²) in [7, 11) is 1.55. The number of rotatable bonds is 5. The Kier molecular flexibility index (Phi) is 4.28.